The number of nitrogens with zero attached hydrogens (tertiary/aromatic N) is 4. The van der Waals surface area contributed by atoms with Gasteiger partial charge in [-0.2, -0.15) is 10.2 Å². The number of piperidine rings is 1. The van der Waals surface area contributed by atoms with Crippen LogP contribution in [0.15, 0.2) is 12.4 Å². The van der Waals surface area contributed by atoms with Crippen molar-refractivity contribution in [2.24, 2.45) is 0 Å². The Balaban J connectivity index is 1.91. The largest absolute Gasteiger partial charge is 0.330 e. The summed E-state index contributed by atoms with van der Waals surface area (Å²) >= 11 is 0. The molecule has 1 aliphatic heterocycles. The molecular weight excluding hydrogens is 278 g/mol. The number of carbonyl (C=O) groups is 1. The Morgan fingerprint density at radius 1 is 1.41 bits per heavy atom. The summed E-state index contributed by atoms with van der Waals surface area (Å²) in [6.45, 7) is 7.53. The zero-order chi connectivity index (χ0) is 15.7. The first-order valence-electron chi connectivity index (χ1n) is 7.96. The lowest BCUT2D eigenvalue weighted by atomic mass is 9.96. The summed E-state index contributed by atoms with van der Waals surface area (Å²) in [5.41, 5.74) is 3.70. The van der Waals surface area contributed by atoms with Crippen molar-refractivity contribution in [3.63, 3.8) is 0 Å². The highest BCUT2D eigenvalue weighted by atomic mass is 16.2. The maximum Gasteiger partial charge on any atom is 0.257 e. The van der Waals surface area contributed by atoms with Crippen LogP contribution in [-0.2, 0) is 6.54 Å². The summed E-state index contributed by atoms with van der Waals surface area (Å²) in [5.74, 6) is 0.0795. The van der Waals surface area contributed by atoms with Gasteiger partial charge >= 0.3 is 0 Å². The summed E-state index contributed by atoms with van der Waals surface area (Å²) < 4.78 is 1.82. The number of aryl methyl sites for hydroxylation is 3. The molecule has 118 valence electrons. The van der Waals surface area contributed by atoms with Crippen molar-refractivity contribution < 1.29 is 4.79 Å². The predicted octanol–water partition coefficient (Wildman–Crippen LogP) is 2.61. The van der Waals surface area contributed by atoms with Gasteiger partial charge in [0.25, 0.3) is 5.91 Å². The fourth-order valence-corrected chi connectivity index (χ4v) is 3.21. The lowest BCUT2D eigenvalue weighted by molar-refractivity contribution is 0.0604. The van der Waals surface area contributed by atoms with Crippen molar-refractivity contribution in [3.05, 3.63) is 34.9 Å². The average Bonchev–Trinajstić information content (AvgIpc) is 3.12. The summed E-state index contributed by atoms with van der Waals surface area (Å²) in [6, 6.07) is 0.0909. The molecule has 1 saturated heterocycles. The first kappa shape index (κ1) is 14.8. The normalized spacial score (nSPS) is 18.7. The molecule has 0 aromatic carbocycles. The van der Waals surface area contributed by atoms with Gasteiger partial charge in [0.2, 0.25) is 0 Å². The van der Waals surface area contributed by atoms with Crippen LogP contribution in [-0.4, -0.2) is 37.3 Å². The third-order valence-corrected chi connectivity index (χ3v) is 4.47. The van der Waals surface area contributed by atoms with E-state index in [9.17, 15) is 4.79 Å². The quantitative estimate of drug-likeness (QED) is 0.947. The van der Waals surface area contributed by atoms with Crippen LogP contribution in [0.3, 0.4) is 0 Å². The van der Waals surface area contributed by atoms with E-state index in [2.05, 4.69) is 15.3 Å². The highest BCUT2D eigenvalue weighted by molar-refractivity contribution is 5.95. The third-order valence-electron chi connectivity index (χ3n) is 4.47. The molecule has 1 atom stereocenters. The molecule has 1 N–H and O–H groups in total. The van der Waals surface area contributed by atoms with Crippen LogP contribution in [0.5, 0.6) is 0 Å². The zero-order valence-corrected chi connectivity index (χ0v) is 13.5. The Hall–Kier alpha value is -2.11. The summed E-state index contributed by atoms with van der Waals surface area (Å²) in [4.78, 5) is 15.0. The highest BCUT2D eigenvalue weighted by Crippen LogP contribution is 2.32. The minimum absolute atomic E-state index is 0.0795. The lowest BCUT2D eigenvalue weighted by Gasteiger charge is -2.35. The van der Waals surface area contributed by atoms with Crippen molar-refractivity contribution in [1.29, 1.82) is 0 Å². The van der Waals surface area contributed by atoms with Gasteiger partial charge in [0.15, 0.2) is 0 Å². The van der Waals surface area contributed by atoms with Gasteiger partial charge in [-0.3, -0.25) is 14.6 Å². The predicted molar refractivity (Wildman–Crippen MR) is 83.6 cm³/mol. The highest BCUT2D eigenvalue weighted by Gasteiger charge is 2.31. The lowest BCUT2D eigenvalue weighted by Crippen LogP contribution is -2.39. The van der Waals surface area contributed by atoms with Gasteiger partial charge in [0.1, 0.15) is 0 Å². The molecular formula is C16H23N5O. The smallest absolute Gasteiger partial charge is 0.257 e. The second-order valence-electron chi connectivity index (χ2n) is 5.96. The number of rotatable bonds is 3. The van der Waals surface area contributed by atoms with Gasteiger partial charge < -0.3 is 4.90 Å². The van der Waals surface area contributed by atoms with Gasteiger partial charge in [-0.25, -0.2) is 0 Å². The fraction of sp³-hybridized carbons (Fsp3) is 0.562. The van der Waals surface area contributed by atoms with Crippen molar-refractivity contribution in [1.82, 2.24) is 24.9 Å². The minimum Gasteiger partial charge on any atom is -0.330 e. The number of likely N-dealkylation sites (tertiary alicyclic amines) is 1. The van der Waals surface area contributed by atoms with E-state index in [1.807, 2.05) is 42.7 Å². The van der Waals surface area contributed by atoms with Gasteiger partial charge in [-0.15, -0.1) is 0 Å². The van der Waals surface area contributed by atoms with Crippen LogP contribution in [0.4, 0.5) is 0 Å². The standard InChI is InChI=1S/C16H23N5O/c1-4-20-10-13(12(3)19-20)16(22)21-8-6-5-7-14(21)15-11(2)9-17-18-15/h9-10,14H,4-8H2,1-3H3,(H,17,18)/t14-/m0/s1. The number of hydrogen-bond donors (Lipinski definition) is 1. The molecule has 0 aliphatic carbocycles. The molecule has 3 rings (SSSR count). The third kappa shape index (κ3) is 2.53. The molecule has 3 heterocycles. The molecule has 2 aromatic rings. The van der Waals surface area contributed by atoms with Crippen LogP contribution in [0.1, 0.15) is 59.5 Å². The Labute approximate surface area is 130 Å². The molecule has 1 fully saturated rings. The Bertz CT molecular complexity index is 672. The molecule has 0 radical (unpaired) electrons. The zero-order valence-electron chi connectivity index (χ0n) is 13.5. The van der Waals surface area contributed by atoms with Crippen LogP contribution in [0.2, 0.25) is 0 Å². The van der Waals surface area contributed by atoms with Crippen LogP contribution < -0.4 is 0 Å². The molecule has 0 spiro atoms. The number of hydrogen-bond acceptors (Lipinski definition) is 3. The number of aromatic amines is 1. The van der Waals surface area contributed by atoms with Gasteiger partial charge in [-0.05, 0) is 45.6 Å². The fourth-order valence-electron chi connectivity index (χ4n) is 3.21. The summed E-state index contributed by atoms with van der Waals surface area (Å²) in [7, 11) is 0. The Kier molecular flexibility index (Phi) is 4.00. The topological polar surface area (TPSA) is 66.8 Å². The van der Waals surface area contributed by atoms with Crippen molar-refractivity contribution in [2.45, 2.75) is 52.6 Å². The maximum absolute atomic E-state index is 13.0. The molecule has 22 heavy (non-hydrogen) atoms. The molecule has 1 amide bonds. The Morgan fingerprint density at radius 3 is 2.86 bits per heavy atom. The van der Waals surface area contributed by atoms with E-state index in [0.717, 1.165) is 49.3 Å². The molecule has 6 nitrogen and oxygen atoms in total. The number of H-pyrrole nitrogens is 1. The molecule has 0 unspecified atom stereocenters. The van der Waals surface area contributed by atoms with Gasteiger partial charge in [-0.1, -0.05) is 0 Å². The van der Waals surface area contributed by atoms with Crippen molar-refractivity contribution in [2.75, 3.05) is 6.54 Å². The summed E-state index contributed by atoms with van der Waals surface area (Å²) in [6.07, 6.45) is 6.86. The van der Waals surface area contributed by atoms with Crippen LogP contribution in [0, 0.1) is 13.8 Å². The SMILES string of the molecule is CCn1cc(C(=O)N2CCCC[C@H]2c2[nH]ncc2C)c(C)n1. The van der Waals surface area contributed by atoms with E-state index in [0.29, 0.717) is 5.56 Å². The molecule has 1 aliphatic rings. The minimum atomic E-state index is 0.0795. The van der Waals surface area contributed by atoms with E-state index >= 15 is 0 Å². The average molecular weight is 301 g/mol. The van der Waals surface area contributed by atoms with Crippen molar-refractivity contribution >= 4 is 5.91 Å². The number of nitrogens with one attached hydrogen (secondary N) is 1. The summed E-state index contributed by atoms with van der Waals surface area (Å²) in [5, 5.41) is 11.6. The maximum atomic E-state index is 13.0. The first-order valence-corrected chi connectivity index (χ1v) is 7.96. The monoisotopic (exact) mass is 301 g/mol. The molecule has 2 aromatic heterocycles. The molecule has 6 heteroatoms. The van der Waals surface area contributed by atoms with E-state index in [4.69, 9.17) is 0 Å². The van der Waals surface area contributed by atoms with Crippen molar-refractivity contribution in [3.8, 4) is 0 Å². The van der Waals surface area contributed by atoms with E-state index < -0.39 is 0 Å². The van der Waals surface area contributed by atoms with E-state index in [-0.39, 0.29) is 11.9 Å². The second kappa shape index (κ2) is 5.94. The van der Waals surface area contributed by atoms with Crippen LogP contribution in [0.25, 0.3) is 0 Å². The molecule has 0 saturated carbocycles. The molecule has 0 bridgehead atoms. The van der Waals surface area contributed by atoms with E-state index in [1.54, 1.807) is 0 Å². The Morgan fingerprint density at radius 2 is 2.23 bits per heavy atom. The number of aromatic nitrogens is 4. The van der Waals surface area contributed by atoms with Gasteiger partial charge in [0, 0.05) is 19.3 Å². The second-order valence-corrected chi connectivity index (χ2v) is 5.96. The number of carbonyl (C=O) groups excluding carboxylic acids is 1. The van der Waals surface area contributed by atoms with E-state index in [1.165, 1.54) is 0 Å². The number of amides is 1. The van der Waals surface area contributed by atoms with Crippen LogP contribution >= 0.6 is 0 Å². The van der Waals surface area contributed by atoms with Gasteiger partial charge in [0.05, 0.1) is 29.2 Å². The first-order chi connectivity index (χ1) is 10.6.